The van der Waals surface area contributed by atoms with E-state index in [0.717, 1.165) is 6.54 Å². The second-order valence-electron chi connectivity index (χ2n) is 4.00. The van der Waals surface area contributed by atoms with Gasteiger partial charge in [0.05, 0.1) is 24.2 Å². The third-order valence-corrected chi connectivity index (χ3v) is 2.19. The molecule has 0 saturated carbocycles. The average molecular weight is 254 g/mol. The Hall–Kier alpha value is -1.73. The molecule has 1 N–H and O–H groups in total. The molecule has 0 saturated heterocycles. The van der Waals surface area contributed by atoms with E-state index >= 15 is 0 Å². The van der Waals surface area contributed by atoms with Crippen LogP contribution in [0.15, 0.2) is 18.3 Å². The summed E-state index contributed by atoms with van der Waals surface area (Å²) in [4.78, 5) is 16.1. The van der Waals surface area contributed by atoms with Gasteiger partial charge in [-0.1, -0.05) is 0 Å². The van der Waals surface area contributed by atoms with Crippen molar-refractivity contribution in [1.29, 1.82) is 0 Å². The summed E-state index contributed by atoms with van der Waals surface area (Å²) in [7, 11) is 3.96. The summed E-state index contributed by atoms with van der Waals surface area (Å²) in [5.74, 6) is 0.486. The third kappa shape index (κ3) is 5.55. The fourth-order valence-electron chi connectivity index (χ4n) is 1.23. The van der Waals surface area contributed by atoms with Crippen LogP contribution < -0.4 is 5.32 Å². The minimum absolute atomic E-state index is 0.0287. The molecule has 0 amide bonds. The molecule has 7 heteroatoms. The van der Waals surface area contributed by atoms with Gasteiger partial charge in [-0.15, -0.1) is 0 Å². The molecule has 0 aliphatic rings. The Morgan fingerprint density at radius 1 is 1.50 bits per heavy atom. The van der Waals surface area contributed by atoms with Crippen molar-refractivity contribution in [2.75, 3.05) is 45.7 Å². The molecular formula is C11H18N4O3. The maximum Gasteiger partial charge on any atom is 0.274 e. The summed E-state index contributed by atoms with van der Waals surface area (Å²) >= 11 is 0. The minimum atomic E-state index is -0.444. The van der Waals surface area contributed by atoms with Crippen LogP contribution in [0.25, 0.3) is 0 Å². The molecule has 0 bridgehead atoms. The topological polar surface area (TPSA) is 80.5 Å². The number of hydrogen-bond acceptors (Lipinski definition) is 6. The van der Waals surface area contributed by atoms with E-state index in [2.05, 4.69) is 10.3 Å². The molecule has 1 aromatic heterocycles. The molecule has 0 aromatic carbocycles. The number of rotatable bonds is 8. The molecule has 1 heterocycles. The zero-order valence-electron chi connectivity index (χ0n) is 10.6. The van der Waals surface area contributed by atoms with Gasteiger partial charge in [0.25, 0.3) is 5.69 Å². The van der Waals surface area contributed by atoms with E-state index in [9.17, 15) is 10.1 Å². The van der Waals surface area contributed by atoms with Crippen molar-refractivity contribution < 1.29 is 9.66 Å². The lowest BCUT2D eigenvalue weighted by Gasteiger charge is -2.10. The van der Waals surface area contributed by atoms with Gasteiger partial charge in [0.15, 0.2) is 0 Å². The summed E-state index contributed by atoms with van der Waals surface area (Å²) in [6, 6.07) is 2.76. The standard InChI is InChI=1S/C11H18N4O3/c1-14(2)6-8-18-7-5-13-11-9-10(15(16)17)3-4-12-11/h3-4,9H,5-8H2,1-2H3,(H,12,13). The van der Waals surface area contributed by atoms with Crippen molar-refractivity contribution in [3.8, 4) is 0 Å². The lowest BCUT2D eigenvalue weighted by molar-refractivity contribution is -0.384. The van der Waals surface area contributed by atoms with E-state index in [0.29, 0.717) is 25.6 Å². The molecule has 18 heavy (non-hydrogen) atoms. The van der Waals surface area contributed by atoms with Crippen molar-refractivity contribution in [3.05, 3.63) is 28.4 Å². The van der Waals surface area contributed by atoms with Crippen molar-refractivity contribution in [2.45, 2.75) is 0 Å². The Morgan fingerprint density at radius 3 is 2.94 bits per heavy atom. The molecule has 0 radical (unpaired) electrons. The van der Waals surface area contributed by atoms with Crippen molar-refractivity contribution in [3.63, 3.8) is 0 Å². The van der Waals surface area contributed by atoms with Crippen LogP contribution in [0.5, 0.6) is 0 Å². The van der Waals surface area contributed by atoms with Crippen LogP contribution in [-0.4, -0.2) is 55.2 Å². The number of nitrogens with one attached hydrogen (secondary N) is 1. The predicted octanol–water partition coefficient (Wildman–Crippen LogP) is 0.980. The Bertz CT molecular complexity index is 384. The van der Waals surface area contributed by atoms with Crippen molar-refractivity contribution in [2.24, 2.45) is 0 Å². The Morgan fingerprint density at radius 2 is 2.28 bits per heavy atom. The molecule has 0 atom stereocenters. The number of hydrogen-bond donors (Lipinski definition) is 1. The monoisotopic (exact) mass is 254 g/mol. The zero-order chi connectivity index (χ0) is 13.4. The first-order chi connectivity index (χ1) is 8.59. The highest BCUT2D eigenvalue weighted by Crippen LogP contribution is 2.13. The number of pyridine rings is 1. The van der Waals surface area contributed by atoms with Gasteiger partial charge in [0.2, 0.25) is 0 Å². The average Bonchev–Trinajstić information content (AvgIpc) is 2.33. The van der Waals surface area contributed by atoms with E-state index in [1.165, 1.54) is 18.3 Å². The molecule has 0 aliphatic heterocycles. The molecule has 7 nitrogen and oxygen atoms in total. The number of anilines is 1. The maximum atomic E-state index is 10.6. The predicted molar refractivity (Wildman–Crippen MR) is 68.8 cm³/mol. The smallest absolute Gasteiger partial charge is 0.274 e. The molecule has 0 aliphatic carbocycles. The normalized spacial score (nSPS) is 10.6. The molecule has 1 rings (SSSR count). The van der Waals surface area contributed by atoms with E-state index in [-0.39, 0.29) is 5.69 Å². The van der Waals surface area contributed by atoms with Crippen LogP contribution in [0.4, 0.5) is 11.5 Å². The number of nitrogens with zero attached hydrogens (tertiary/aromatic N) is 3. The summed E-state index contributed by atoms with van der Waals surface area (Å²) < 4.78 is 5.38. The number of aromatic nitrogens is 1. The quantitative estimate of drug-likeness (QED) is 0.423. The lowest BCUT2D eigenvalue weighted by Crippen LogP contribution is -2.20. The van der Waals surface area contributed by atoms with E-state index < -0.39 is 4.92 Å². The third-order valence-electron chi connectivity index (χ3n) is 2.19. The van der Waals surface area contributed by atoms with Gasteiger partial charge >= 0.3 is 0 Å². The van der Waals surface area contributed by atoms with Crippen molar-refractivity contribution >= 4 is 11.5 Å². The first-order valence-electron chi connectivity index (χ1n) is 5.66. The molecule has 1 aromatic rings. The molecule has 0 spiro atoms. The Kier molecular flexibility index (Phi) is 6.03. The maximum absolute atomic E-state index is 10.6. The van der Waals surface area contributed by atoms with Crippen LogP contribution in [0.1, 0.15) is 0 Å². The number of likely N-dealkylation sites (N-methyl/N-ethyl adjacent to an activating group) is 1. The molecular weight excluding hydrogens is 236 g/mol. The summed E-state index contributed by atoms with van der Waals surface area (Å²) in [5.41, 5.74) is 0.0287. The van der Waals surface area contributed by atoms with Crippen LogP contribution in [0.2, 0.25) is 0 Å². The van der Waals surface area contributed by atoms with Crippen LogP contribution in [-0.2, 0) is 4.74 Å². The van der Waals surface area contributed by atoms with Gasteiger partial charge in [-0.2, -0.15) is 0 Å². The van der Waals surface area contributed by atoms with E-state index in [4.69, 9.17) is 4.74 Å². The minimum Gasteiger partial charge on any atom is -0.378 e. The van der Waals surface area contributed by atoms with Gasteiger partial charge in [-0.05, 0) is 14.1 Å². The molecule has 0 unspecified atom stereocenters. The second-order valence-corrected chi connectivity index (χ2v) is 4.00. The summed E-state index contributed by atoms with van der Waals surface area (Å²) in [6.45, 7) is 2.64. The molecule has 0 fully saturated rings. The Labute approximate surface area is 106 Å². The van der Waals surface area contributed by atoms with Crippen LogP contribution in [0, 0.1) is 10.1 Å². The molecule has 100 valence electrons. The fourth-order valence-corrected chi connectivity index (χ4v) is 1.23. The second kappa shape index (κ2) is 7.57. The first kappa shape index (κ1) is 14.3. The fraction of sp³-hybridized carbons (Fsp3) is 0.545. The van der Waals surface area contributed by atoms with E-state index in [1.807, 2.05) is 19.0 Å². The van der Waals surface area contributed by atoms with Gasteiger partial charge in [-0.3, -0.25) is 10.1 Å². The lowest BCUT2D eigenvalue weighted by atomic mass is 10.4. The van der Waals surface area contributed by atoms with Gasteiger partial charge in [0.1, 0.15) is 5.82 Å². The SMILES string of the molecule is CN(C)CCOCCNc1cc([N+](=O)[O-])ccn1. The van der Waals surface area contributed by atoms with Gasteiger partial charge in [0, 0.05) is 25.4 Å². The van der Waals surface area contributed by atoms with Gasteiger partial charge in [-0.25, -0.2) is 4.98 Å². The van der Waals surface area contributed by atoms with Gasteiger partial charge < -0.3 is 15.0 Å². The summed E-state index contributed by atoms with van der Waals surface area (Å²) in [5, 5.41) is 13.5. The highest BCUT2D eigenvalue weighted by atomic mass is 16.6. The highest BCUT2D eigenvalue weighted by Gasteiger charge is 2.05. The number of nitro groups is 1. The van der Waals surface area contributed by atoms with Crippen LogP contribution >= 0.6 is 0 Å². The van der Waals surface area contributed by atoms with Crippen LogP contribution in [0.3, 0.4) is 0 Å². The first-order valence-corrected chi connectivity index (χ1v) is 5.66. The number of ether oxygens (including phenoxy) is 1. The Balaban J connectivity index is 2.23. The zero-order valence-corrected chi connectivity index (χ0v) is 10.6. The largest absolute Gasteiger partial charge is 0.378 e. The highest BCUT2D eigenvalue weighted by molar-refractivity contribution is 5.44. The van der Waals surface area contributed by atoms with E-state index in [1.54, 1.807) is 0 Å². The summed E-state index contributed by atoms with van der Waals surface area (Å²) in [6.07, 6.45) is 1.41. The van der Waals surface area contributed by atoms with Crippen molar-refractivity contribution in [1.82, 2.24) is 9.88 Å².